The molecule has 2 aromatic rings. The van der Waals surface area contributed by atoms with E-state index in [-0.39, 0.29) is 6.04 Å². The second-order valence-corrected chi connectivity index (χ2v) is 9.74. The van der Waals surface area contributed by atoms with Crippen LogP contribution in [0.2, 0.25) is 0 Å². The van der Waals surface area contributed by atoms with Gasteiger partial charge in [0, 0.05) is 25.7 Å². The average molecular weight is 395 g/mol. The van der Waals surface area contributed by atoms with Crippen molar-refractivity contribution in [3.63, 3.8) is 0 Å². The van der Waals surface area contributed by atoms with E-state index in [4.69, 9.17) is 0 Å². The lowest BCUT2D eigenvalue weighted by atomic mass is 10.0. The topological polar surface area (TPSA) is 69.6 Å². The van der Waals surface area contributed by atoms with Crippen molar-refractivity contribution >= 4 is 21.4 Å². The van der Waals surface area contributed by atoms with Crippen molar-refractivity contribution in [3.8, 4) is 0 Å². The largest absolute Gasteiger partial charge is 0.387 e. The summed E-state index contributed by atoms with van der Waals surface area (Å²) in [7, 11) is -3.35. The lowest BCUT2D eigenvalue weighted by Crippen LogP contribution is -2.45. The second kappa shape index (κ2) is 8.63. The van der Waals surface area contributed by atoms with Crippen molar-refractivity contribution in [3.05, 3.63) is 52.9 Å². The minimum Gasteiger partial charge on any atom is -0.387 e. The van der Waals surface area contributed by atoms with Crippen LogP contribution in [-0.4, -0.2) is 43.5 Å². The van der Waals surface area contributed by atoms with E-state index in [1.54, 1.807) is 21.8 Å². The first kappa shape index (κ1) is 19.5. The molecule has 0 spiro atoms. The quantitative estimate of drug-likeness (QED) is 0.758. The number of piperidine rings is 1. The molecule has 0 saturated carbocycles. The molecular weight excluding hydrogens is 368 g/mol. The van der Waals surface area contributed by atoms with E-state index in [9.17, 15) is 13.5 Å². The maximum absolute atomic E-state index is 12.5. The van der Waals surface area contributed by atoms with Crippen molar-refractivity contribution < 1.29 is 13.5 Å². The molecule has 1 saturated heterocycles. The van der Waals surface area contributed by atoms with Crippen molar-refractivity contribution in [1.29, 1.82) is 0 Å². The number of aliphatic hydroxyl groups is 1. The Bertz CT molecular complexity index is 781. The molecule has 2 heterocycles. The van der Waals surface area contributed by atoms with Crippen LogP contribution >= 0.6 is 11.3 Å². The zero-order valence-electron chi connectivity index (χ0n) is 15.0. The van der Waals surface area contributed by atoms with Crippen molar-refractivity contribution in [2.45, 2.75) is 42.5 Å². The molecular formula is C19H26N2O3S2. The number of hydrogen-bond acceptors (Lipinski definition) is 5. The number of thiophene rings is 1. The number of hydrogen-bond donors (Lipinski definition) is 2. The summed E-state index contributed by atoms with van der Waals surface area (Å²) in [5, 5.41) is 15.5. The molecule has 1 aromatic heterocycles. The molecule has 0 amide bonds. The van der Waals surface area contributed by atoms with Gasteiger partial charge in [-0.1, -0.05) is 37.3 Å². The Kier molecular flexibility index (Phi) is 6.47. The Balaban J connectivity index is 1.48. The van der Waals surface area contributed by atoms with Crippen LogP contribution in [0, 0.1) is 0 Å². The van der Waals surface area contributed by atoms with E-state index >= 15 is 0 Å². The third-order valence-corrected chi connectivity index (χ3v) is 8.19. The Hall–Kier alpha value is -1.25. The first-order chi connectivity index (χ1) is 12.5. The lowest BCUT2D eigenvalue weighted by molar-refractivity contribution is 0.162. The van der Waals surface area contributed by atoms with Crippen molar-refractivity contribution in [1.82, 2.24) is 9.62 Å². The molecule has 0 radical (unpaired) electrons. The maximum atomic E-state index is 12.5. The van der Waals surface area contributed by atoms with Gasteiger partial charge in [0.05, 0.1) is 6.10 Å². The summed E-state index contributed by atoms with van der Waals surface area (Å²) in [5.41, 5.74) is 2.17. The predicted octanol–water partition coefficient (Wildman–Crippen LogP) is 2.79. The number of aliphatic hydroxyl groups excluding tert-OH is 1. The fourth-order valence-electron chi connectivity index (χ4n) is 3.21. The van der Waals surface area contributed by atoms with Gasteiger partial charge in [0.15, 0.2) is 0 Å². The van der Waals surface area contributed by atoms with Gasteiger partial charge in [-0.3, -0.25) is 0 Å². The lowest BCUT2D eigenvalue weighted by Gasteiger charge is -2.31. The minimum atomic E-state index is -3.35. The zero-order valence-corrected chi connectivity index (χ0v) is 16.6. The van der Waals surface area contributed by atoms with Gasteiger partial charge >= 0.3 is 0 Å². The molecule has 142 valence electrons. The zero-order chi connectivity index (χ0) is 18.6. The monoisotopic (exact) mass is 394 g/mol. The maximum Gasteiger partial charge on any atom is 0.252 e. The fraction of sp³-hybridized carbons (Fsp3) is 0.474. The third-order valence-electron chi connectivity index (χ3n) is 4.92. The normalized spacial score (nSPS) is 18.1. The molecule has 3 rings (SSSR count). The number of benzene rings is 1. The van der Waals surface area contributed by atoms with E-state index < -0.39 is 16.1 Å². The molecule has 1 unspecified atom stereocenters. The predicted molar refractivity (Wildman–Crippen MR) is 105 cm³/mol. The van der Waals surface area contributed by atoms with Crippen LogP contribution in [-0.2, 0) is 16.4 Å². The second-order valence-electron chi connectivity index (χ2n) is 6.63. The summed E-state index contributed by atoms with van der Waals surface area (Å²) in [5.74, 6) is 0. The molecule has 2 N–H and O–H groups in total. The van der Waals surface area contributed by atoms with Gasteiger partial charge in [-0.05, 0) is 41.8 Å². The Labute approximate surface area is 159 Å². The fourth-order valence-corrected chi connectivity index (χ4v) is 5.82. The van der Waals surface area contributed by atoms with Gasteiger partial charge < -0.3 is 10.4 Å². The van der Waals surface area contributed by atoms with E-state index in [0.29, 0.717) is 23.8 Å². The Morgan fingerprint density at radius 3 is 2.50 bits per heavy atom. The molecule has 1 atom stereocenters. The van der Waals surface area contributed by atoms with Gasteiger partial charge in [0.2, 0.25) is 0 Å². The molecule has 1 fully saturated rings. The number of rotatable bonds is 7. The number of aryl methyl sites for hydroxylation is 1. The summed E-state index contributed by atoms with van der Waals surface area (Å²) < 4.78 is 27.0. The Morgan fingerprint density at radius 1 is 1.23 bits per heavy atom. The highest BCUT2D eigenvalue weighted by Gasteiger charge is 2.30. The first-order valence-corrected chi connectivity index (χ1v) is 11.4. The number of nitrogens with one attached hydrogen (secondary N) is 1. The van der Waals surface area contributed by atoms with E-state index in [1.165, 1.54) is 16.9 Å². The van der Waals surface area contributed by atoms with Gasteiger partial charge in [-0.2, -0.15) is 4.31 Å². The summed E-state index contributed by atoms with van der Waals surface area (Å²) in [4.78, 5) is 0. The van der Waals surface area contributed by atoms with Crippen LogP contribution in [0.3, 0.4) is 0 Å². The number of nitrogens with zero attached hydrogens (tertiary/aromatic N) is 1. The van der Waals surface area contributed by atoms with Crippen LogP contribution in [0.1, 0.15) is 37.0 Å². The van der Waals surface area contributed by atoms with Crippen LogP contribution in [0.4, 0.5) is 0 Å². The summed E-state index contributed by atoms with van der Waals surface area (Å²) in [6.45, 7) is 3.62. The van der Waals surface area contributed by atoms with Crippen LogP contribution in [0.15, 0.2) is 46.0 Å². The van der Waals surface area contributed by atoms with Crippen LogP contribution in [0.25, 0.3) is 0 Å². The summed E-state index contributed by atoms with van der Waals surface area (Å²) in [6, 6.07) is 11.7. The summed E-state index contributed by atoms with van der Waals surface area (Å²) in [6.07, 6.45) is 1.95. The van der Waals surface area contributed by atoms with Gasteiger partial charge in [-0.15, -0.1) is 11.3 Å². The minimum absolute atomic E-state index is 0.231. The highest BCUT2D eigenvalue weighted by Crippen LogP contribution is 2.24. The van der Waals surface area contributed by atoms with Gasteiger partial charge in [0.25, 0.3) is 10.0 Å². The number of sulfonamides is 1. The molecule has 7 heteroatoms. The van der Waals surface area contributed by atoms with Gasteiger partial charge in [0.1, 0.15) is 4.21 Å². The molecule has 5 nitrogen and oxygen atoms in total. The third kappa shape index (κ3) is 4.53. The van der Waals surface area contributed by atoms with Crippen LogP contribution < -0.4 is 5.32 Å². The molecule has 26 heavy (non-hydrogen) atoms. The average Bonchev–Trinajstić information content (AvgIpc) is 3.22. The van der Waals surface area contributed by atoms with Crippen molar-refractivity contribution in [2.24, 2.45) is 0 Å². The smallest absolute Gasteiger partial charge is 0.252 e. The SMILES string of the molecule is CCc1ccc(C(O)CNC2CCN(S(=O)(=O)c3cccs3)CC2)cc1. The van der Waals surface area contributed by atoms with E-state index in [1.807, 2.05) is 24.3 Å². The summed E-state index contributed by atoms with van der Waals surface area (Å²) >= 11 is 1.26. The van der Waals surface area contributed by atoms with E-state index in [2.05, 4.69) is 12.2 Å². The molecule has 1 aliphatic rings. The van der Waals surface area contributed by atoms with E-state index in [0.717, 1.165) is 24.8 Å². The first-order valence-electron chi connectivity index (χ1n) is 9.04. The molecule has 1 aromatic carbocycles. The standard InChI is InChI=1S/C19H26N2O3S2/c1-2-15-5-7-16(8-6-15)18(22)14-20-17-9-11-21(12-10-17)26(23,24)19-4-3-13-25-19/h3-8,13,17-18,20,22H,2,9-12,14H2,1H3. The highest BCUT2D eigenvalue weighted by molar-refractivity contribution is 7.91. The highest BCUT2D eigenvalue weighted by atomic mass is 32.2. The Morgan fingerprint density at radius 2 is 1.92 bits per heavy atom. The van der Waals surface area contributed by atoms with Crippen molar-refractivity contribution in [2.75, 3.05) is 19.6 Å². The molecule has 0 aliphatic carbocycles. The molecule has 0 bridgehead atoms. The molecule has 1 aliphatic heterocycles. The van der Waals surface area contributed by atoms with Gasteiger partial charge in [-0.25, -0.2) is 8.42 Å². The van der Waals surface area contributed by atoms with Crippen LogP contribution in [0.5, 0.6) is 0 Å².